The number of carbonyl (C=O) groups excluding carboxylic acids is 1. The summed E-state index contributed by atoms with van der Waals surface area (Å²) in [5, 5.41) is 0. The van der Waals surface area contributed by atoms with Crippen LogP contribution in [0.3, 0.4) is 0 Å². The van der Waals surface area contributed by atoms with Crippen molar-refractivity contribution in [2.75, 3.05) is 33.9 Å². The Morgan fingerprint density at radius 2 is 2.00 bits per heavy atom. The highest BCUT2D eigenvalue weighted by Crippen LogP contribution is 2.31. The Bertz CT molecular complexity index is 466. The number of benzene rings is 1. The molecule has 5 heteroatoms. The summed E-state index contributed by atoms with van der Waals surface area (Å²) in [5.74, 6) is 1.58. The maximum atomic E-state index is 12.8. The zero-order valence-electron chi connectivity index (χ0n) is 12.8. The molecule has 0 spiro atoms. The number of hydrogen-bond donors (Lipinski definition) is 1. The molecule has 1 aliphatic rings. The summed E-state index contributed by atoms with van der Waals surface area (Å²) in [6.45, 7) is 2.21. The fraction of sp³-hybridized carbons (Fsp3) is 0.562. The predicted molar refractivity (Wildman–Crippen MR) is 81.8 cm³/mol. The fourth-order valence-electron chi connectivity index (χ4n) is 2.94. The van der Waals surface area contributed by atoms with E-state index < -0.39 is 0 Å². The van der Waals surface area contributed by atoms with Crippen LogP contribution < -0.4 is 15.2 Å². The number of methoxy groups -OCH3 is 2. The smallest absolute Gasteiger partial charge is 0.261 e. The number of nitrogens with zero attached hydrogens (tertiary/aromatic N) is 1. The van der Waals surface area contributed by atoms with Crippen molar-refractivity contribution in [1.82, 2.24) is 4.90 Å². The molecule has 0 aromatic heterocycles. The van der Waals surface area contributed by atoms with E-state index in [1.165, 1.54) is 0 Å². The number of carbonyl (C=O) groups is 1. The minimum Gasteiger partial charge on any atom is -0.496 e. The Labute approximate surface area is 126 Å². The Morgan fingerprint density at radius 3 is 2.57 bits per heavy atom. The first kappa shape index (κ1) is 15.6. The average Bonchev–Trinajstić information content (AvgIpc) is 2.54. The van der Waals surface area contributed by atoms with Crippen molar-refractivity contribution >= 4 is 5.91 Å². The molecule has 1 aromatic rings. The summed E-state index contributed by atoms with van der Waals surface area (Å²) in [4.78, 5) is 14.7. The number of likely N-dealkylation sites (tertiary alicyclic amines) is 1. The van der Waals surface area contributed by atoms with E-state index >= 15 is 0 Å². The molecule has 2 N–H and O–H groups in total. The molecule has 0 saturated carbocycles. The van der Waals surface area contributed by atoms with Gasteiger partial charge in [0.05, 0.1) is 14.2 Å². The van der Waals surface area contributed by atoms with Gasteiger partial charge in [0.25, 0.3) is 5.91 Å². The number of piperidine rings is 1. The van der Waals surface area contributed by atoms with Crippen molar-refractivity contribution in [3.05, 3.63) is 23.8 Å². The third-order valence-corrected chi connectivity index (χ3v) is 4.02. The molecule has 1 fully saturated rings. The van der Waals surface area contributed by atoms with Gasteiger partial charge in [0.2, 0.25) is 0 Å². The van der Waals surface area contributed by atoms with E-state index in [-0.39, 0.29) is 5.91 Å². The van der Waals surface area contributed by atoms with E-state index in [0.29, 0.717) is 29.5 Å². The second-order valence-electron chi connectivity index (χ2n) is 5.37. The van der Waals surface area contributed by atoms with Gasteiger partial charge >= 0.3 is 0 Å². The normalized spacial score (nSPS) is 18.4. The zero-order chi connectivity index (χ0) is 15.2. The molecule has 1 aromatic carbocycles. The molecule has 2 rings (SSSR count). The summed E-state index contributed by atoms with van der Waals surface area (Å²) in [7, 11) is 3.14. The van der Waals surface area contributed by atoms with E-state index in [4.69, 9.17) is 15.2 Å². The van der Waals surface area contributed by atoms with Crippen LogP contribution in [-0.4, -0.2) is 44.7 Å². The van der Waals surface area contributed by atoms with Crippen LogP contribution in [0.5, 0.6) is 11.5 Å². The molecule has 0 bridgehead atoms. The van der Waals surface area contributed by atoms with E-state index in [9.17, 15) is 4.79 Å². The first-order valence-electron chi connectivity index (χ1n) is 7.41. The summed E-state index contributed by atoms with van der Waals surface area (Å²) >= 11 is 0. The summed E-state index contributed by atoms with van der Waals surface area (Å²) in [5.41, 5.74) is 6.15. The molecule has 1 aliphatic heterocycles. The van der Waals surface area contributed by atoms with Gasteiger partial charge in [-0.25, -0.2) is 0 Å². The predicted octanol–water partition coefficient (Wildman–Crippen LogP) is 1.90. The van der Waals surface area contributed by atoms with E-state index in [1.807, 2.05) is 11.0 Å². The monoisotopic (exact) mass is 292 g/mol. The van der Waals surface area contributed by atoms with Crippen LogP contribution in [0.1, 0.15) is 29.6 Å². The molecule has 1 amide bonds. The van der Waals surface area contributed by atoms with Crippen LogP contribution in [0.15, 0.2) is 18.2 Å². The van der Waals surface area contributed by atoms with Gasteiger partial charge in [0.15, 0.2) is 0 Å². The second-order valence-corrected chi connectivity index (χ2v) is 5.37. The lowest BCUT2D eigenvalue weighted by atomic mass is 9.94. The van der Waals surface area contributed by atoms with Crippen LogP contribution >= 0.6 is 0 Å². The Morgan fingerprint density at radius 1 is 1.33 bits per heavy atom. The summed E-state index contributed by atoms with van der Waals surface area (Å²) in [6.07, 6.45) is 3.13. The van der Waals surface area contributed by atoms with Gasteiger partial charge in [-0.15, -0.1) is 0 Å². The third-order valence-electron chi connectivity index (χ3n) is 4.02. The maximum absolute atomic E-state index is 12.8. The maximum Gasteiger partial charge on any atom is 0.261 e. The van der Waals surface area contributed by atoms with Crippen LogP contribution in [0.2, 0.25) is 0 Å². The van der Waals surface area contributed by atoms with Crippen molar-refractivity contribution in [2.45, 2.75) is 19.3 Å². The number of nitrogens with two attached hydrogens (primary N) is 1. The van der Waals surface area contributed by atoms with E-state index in [0.717, 1.165) is 32.4 Å². The summed E-state index contributed by atoms with van der Waals surface area (Å²) < 4.78 is 10.7. The molecule has 0 aliphatic carbocycles. The molecule has 116 valence electrons. The van der Waals surface area contributed by atoms with Crippen molar-refractivity contribution < 1.29 is 14.3 Å². The first-order valence-corrected chi connectivity index (χ1v) is 7.41. The lowest BCUT2D eigenvalue weighted by Gasteiger charge is -2.33. The molecule has 1 unspecified atom stereocenters. The highest BCUT2D eigenvalue weighted by molar-refractivity contribution is 5.99. The van der Waals surface area contributed by atoms with Gasteiger partial charge in [-0.2, -0.15) is 0 Å². The molecule has 1 atom stereocenters. The summed E-state index contributed by atoms with van der Waals surface area (Å²) in [6, 6.07) is 5.40. The second kappa shape index (κ2) is 7.31. The topological polar surface area (TPSA) is 64.8 Å². The van der Waals surface area contributed by atoms with Crippen LogP contribution in [0, 0.1) is 5.92 Å². The fourth-order valence-corrected chi connectivity index (χ4v) is 2.94. The number of ether oxygens (including phenoxy) is 2. The van der Waals surface area contributed by atoms with Crippen molar-refractivity contribution in [3.8, 4) is 11.5 Å². The molecule has 21 heavy (non-hydrogen) atoms. The van der Waals surface area contributed by atoms with E-state index in [2.05, 4.69) is 0 Å². The van der Waals surface area contributed by atoms with Gasteiger partial charge < -0.3 is 20.1 Å². The van der Waals surface area contributed by atoms with Crippen LogP contribution in [0.25, 0.3) is 0 Å². The molecule has 1 heterocycles. The standard InChI is InChI=1S/C16H24N2O3/c1-20-13-6-3-7-14(21-2)15(13)16(19)18-10-4-5-12(11-18)8-9-17/h3,6-7,12H,4-5,8-11,17H2,1-2H3. The quantitative estimate of drug-likeness (QED) is 0.900. The van der Waals surface area contributed by atoms with Gasteiger partial charge in [0, 0.05) is 13.1 Å². The third kappa shape index (κ3) is 3.47. The SMILES string of the molecule is COc1cccc(OC)c1C(=O)N1CCCC(CCN)C1. The molecule has 0 radical (unpaired) electrons. The van der Waals surface area contributed by atoms with E-state index in [1.54, 1.807) is 26.4 Å². The minimum atomic E-state index is -0.0222. The van der Waals surface area contributed by atoms with Gasteiger partial charge in [-0.05, 0) is 43.9 Å². The molecular formula is C16H24N2O3. The van der Waals surface area contributed by atoms with Crippen LogP contribution in [0.4, 0.5) is 0 Å². The van der Waals surface area contributed by atoms with Crippen LogP contribution in [-0.2, 0) is 0 Å². The lowest BCUT2D eigenvalue weighted by Crippen LogP contribution is -2.40. The zero-order valence-corrected chi connectivity index (χ0v) is 12.8. The van der Waals surface area contributed by atoms with Gasteiger partial charge in [-0.3, -0.25) is 4.79 Å². The Kier molecular flexibility index (Phi) is 5.44. The number of amides is 1. The van der Waals surface area contributed by atoms with Crippen molar-refractivity contribution in [2.24, 2.45) is 11.7 Å². The number of rotatable bonds is 5. The van der Waals surface area contributed by atoms with Crippen molar-refractivity contribution in [3.63, 3.8) is 0 Å². The highest BCUT2D eigenvalue weighted by Gasteiger charge is 2.28. The largest absolute Gasteiger partial charge is 0.496 e. The van der Waals surface area contributed by atoms with Gasteiger partial charge in [0.1, 0.15) is 17.1 Å². The minimum absolute atomic E-state index is 0.0222. The molecule has 1 saturated heterocycles. The number of hydrogen-bond acceptors (Lipinski definition) is 4. The van der Waals surface area contributed by atoms with Gasteiger partial charge in [-0.1, -0.05) is 6.07 Å². The highest BCUT2D eigenvalue weighted by atomic mass is 16.5. The Balaban J connectivity index is 2.23. The molecule has 5 nitrogen and oxygen atoms in total. The first-order chi connectivity index (χ1) is 10.2. The average molecular weight is 292 g/mol. The van der Waals surface area contributed by atoms with Crippen molar-refractivity contribution in [1.29, 1.82) is 0 Å². The molecular weight excluding hydrogens is 268 g/mol. The Hall–Kier alpha value is -1.75. The lowest BCUT2D eigenvalue weighted by molar-refractivity contribution is 0.0662.